The van der Waals surface area contributed by atoms with Gasteiger partial charge in [0.15, 0.2) is 0 Å². The van der Waals surface area contributed by atoms with Crippen LogP contribution < -0.4 is 5.32 Å². The lowest BCUT2D eigenvalue weighted by atomic mass is 10.1. The van der Waals surface area contributed by atoms with Gasteiger partial charge in [-0.3, -0.25) is 4.90 Å². The first-order chi connectivity index (χ1) is 8.85. The van der Waals surface area contributed by atoms with Crippen LogP contribution in [-0.2, 0) is 6.54 Å². The predicted octanol–water partition coefficient (Wildman–Crippen LogP) is 2.48. The number of hydrogen-bond acceptors (Lipinski definition) is 4. The molecule has 2 heterocycles. The Morgan fingerprint density at radius 3 is 2.83 bits per heavy atom. The van der Waals surface area contributed by atoms with E-state index in [0.717, 1.165) is 12.1 Å². The van der Waals surface area contributed by atoms with Gasteiger partial charge in [-0.25, -0.2) is 4.98 Å². The molecule has 0 amide bonds. The second kappa shape index (κ2) is 5.34. The maximum atomic E-state index is 4.71. The summed E-state index contributed by atoms with van der Waals surface area (Å²) < 4.78 is 1.30. The number of aromatic nitrogens is 1. The van der Waals surface area contributed by atoms with Gasteiger partial charge in [0.1, 0.15) is 5.01 Å². The van der Waals surface area contributed by atoms with Gasteiger partial charge in [0.05, 0.1) is 16.8 Å². The number of nitrogens with zero attached hydrogens (tertiary/aromatic N) is 2. The van der Waals surface area contributed by atoms with Crippen molar-refractivity contribution in [2.24, 2.45) is 0 Å². The summed E-state index contributed by atoms with van der Waals surface area (Å²) in [5, 5.41) is 4.62. The second-order valence-electron chi connectivity index (χ2n) is 4.91. The summed E-state index contributed by atoms with van der Waals surface area (Å²) in [4.78, 5) is 7.23. The molecule has 0 aliphatic carbocycles. The molecule has 0 atom stereocenters. The molecule has 0 unspecified atom stereocenters. The fourth-order valence-electron chi connectivity index (χ4n) is 2.56. The van der Waals surface area contributed by atoms with Crippen molar-refractivity contribution >= 4 is 21.6 Å². The molecule has 0 spiro atoms. The third-order valence-corrected chi connectivity index (χ3v) is 4.71. The fourth-order valence-corrected chi connectivity index (χ4v) is 3.57. The predicted molar refractivity (Wildman–Crippen MR) is 77.0 cm³/mol. The van der Waals surface area contributed by atoms with Crippen LogP contribution in [0.5, 0.6) is 0 Å². The summed E-state index contributed by atoms with van der Waals surface area (Å²) >= 11 is 1.83. The van der Waals surface area contributed by atoms with Gasteiger partial charge >= 0.3 is 0 Å². The molecule has 1 aromatic heterocycles. The zero-order valence-electron chi connectivity index (χ0n) is 10.7. The Labute approximate surface area is 112 Å². The average Bonchev–Trinajstić information content (AvgIpc) is 2.82. The van der Waals surface area contributed by atoms with Crippen molar-refractivity contribution in [2.75, 3.05) is 20.1 Å². The normalized spacial score (nSPS) is 18.5. The van der Waals surface area contributed by atoms with Crippen molar-refractivity contribution in [3.63, 3.8) is 0 Å². The molecule has 1 saturated heterocycles. The summed E-state index contributed by atoms with van der Waals surface area (Å²) in [7, 11) is 2.06. The van der Waals surface area contributed by atoms with Crippen LogP contribution >= 0.6 is 11.3 Å². The molecule has 1 aromatic carbocycles. The number of para-hydroxylation sites is 1. The zero-order chi connectivity index (χ0) is 12.4. The number of thiazole rings is 1. The van der Waals surface area contributed by atoms with Gasteiger partial charge in [-0.2, -0.15) is 0 Å². The van der Waals surface area contributed by atoms with Gasteiger partial charge < -0.3 is 5.32 Å². The molecular weight excluding hydrogens is 242 g/mol. The van der Waals surface area contributed by atoms with Crippen LogP contribution in [0.25, 0.3) is 10.2 Å². The lowest BCUT2D eigenvalue weighted by Crippen LogP contribution is -2.40. The first kappa shape index (κ1) is 12.1. The summed E-state index contributed by atoms with van der Waals surface area (Å²) in [5.74, 6) is 0. The topological polar surface area (TPSA) is 28.2 Å². The molecule has 1 aliphatic rings. The number of hydrogen-bond donors (Lipinski definition) is 1. The van der Waals surface area contributed by atoms with E-state index in [1.165, 1.54) is 35.6 Å². The minimum Gasteiger partial charge on any atom is -0.317 e. The molecule has 0 saturated carbocycles. The quantitative estimate of drug-likeness (QED) is 0.920. The highest BCUT2D eigenvalue weighted by atomic mass is 32.1. The van der Waals surface area contributed by atoms with Crippen molar-refractivity contribution in [2.45, 2.75) is 25.4 Å². The van der Waals surface area contributed by atoms with Crippen LogP contribution in [0.3, 0.4) is 0 Å². The van der Waals surface area contributed by atoms with Crippen LogP contribution in [0.1, 0.15) is 17.8 Å². The van der Waals surface area contributed by atoms with Gasteiger partial charge in [0, 0.05) is 19.1 Å². The van der Waals surface area contributed by atoms with E-state index in [9.17, 15) is 0 Å². The number of fused-ring (bicyclic) bond motifs is 1. The van der Waals surface area contributed by atoms with Crippen molar-refractivity contribution in [3.8, 4) is 0 Å². The minimum absolute atomic E-state index is 0.705. The molecular formula is C14H19N3S. The highest BCUT2D eigenvalue weighted by Crippen LogP contribution is 2.23. The molecule has 3 rings (SSSR count). The average molecular weight is 261 g/mol. The van der Waals surface area contributed by atoms with Crippen LogP contribution in [0, 0.1) is 0 Å². The smallest absolute Gasteiger partial charge is 0.108 e. The van der Waals surface area contributed by atoms with Crippen LogP contribution in [0.15, 0.2) is 24.3 Å². The fraction of sp³-hybridized carbons (Fsp3) is 0.500. The summed E-state index contributed by atoms with van der Waals surface area (Å²) in [6, 6.07) is 9.11. The molecule has 1 N–H and O–H groups in total. The highest BCUT2D eigenvalue weighted by Gasteiger charge is 2.18. The minimum atomic E-state index is 0.705. The molecule has 2 aromatic rings. The summed E-state index contributed by atoms with van der Waals surface area (Å²) in [5.41, 5.74) is 1.14. The van der Waals surface area contributed by atoms with Gasteiger partial charge in [-0.05, 0) is 32.0 Å². The zero-order valence-corrected chi connectivity index (χ0v) is 11.5. The van der Waals surface area contributed by atoms with E-state index in [4.69, 9.17) is 4.98 Å². The maximum absolute atomic E-state index is 4.71. The van der Waals surface area contributed by atoms with Crippen molar-refractivity contribution in [1.29, 1.82) is 0 Å². The van der Waals surface area contributed by atoms with E-state index in [0.29, 0.717) is 6.04 Å². The van der Waals surface area contributed by atoms with E-state index in [1.807, 2.05) is 11.3 Å². The van der Waals surface area contributed by atoms with Crippen molar-refractivity contribution < 1.29 is 0 Å². The standard InChI is InChI=1S/C14H19N3S/c1-15-11-6-8-17(9-7-11)10-14-16-12-4-2-3-5-13(12)18-14/h2-5,11,15H,6-10H2,1H3. The Bertz CT molecular complexity index is 481. The Morgan fingerprint density at radius 2 is 2.11 bits per heavy atom. The van der Waals surface area contributed by atoms with Crippen molar-refractivity contribution in [3.05, 3.63) is 29.3 Å². The van der Waals surface area contributed by atoms with E-state index < -0.39 is 0 Å². The first-order valence-corrected chi connectivity index (χ1v) is 7.41. The number of benzene rings is 1. The van der Waals surface area contributed by atoms with E-state index in [2.05, 4.69) is 41.5 Å². The summed E-state index contributed by atoms with van der Waals surface area (Å²) in [6.45, 7) is 3.37. The number of rotatable bonds is 3. The maximum Gasteiger partial charge on any atom is 0.108 e. The monoisotopic (exact) mass is 261 g/mol. The largest absolute Gasteiger partial charge is 0.317 e. The van der Waals surface area contributed by atoms with Gasteiger partial charge in [-0.1, -0.05) is 12.1 Å². The van der Waals surface area contributed by atoms with Gasteiger partial charge in [-0.15, -0.1) is 11.3 Å². The van der Waals surface area contributed by atoms with E-state index in [1.54, 1.807) is 0 Å². The van der Waals surface area contributed by atoms with Crippen molar-refractivity contribution in [1.82, 2.24) is 15.2 Å². The molecule has 4 heteroatoms. The number of piperidine rings is 1. The first-order valence-electron chi connectivity index (χ1n) is 6.59. The van der Waals surface area contributed by atoms with Crippen LogP contribution in [0.2, 0.25) is 0 Å². The number of nitrogens with one attached hydrogen (secondary N) is 1. The summed E-state index contributed by atoms with van der Waals surface area (Å²) in [6.07, 6.45) is 2.50. The van der Waals surface area contributed by atoms with E-state index >= 15 is 0 Å². The Kier molecular flexibility index (Phi) is 3.59. The molecule has 0 bridgehead atoms. The molecule has 0 radical (unpaired) electrons. The van der Waals surface area contributed by atoms with Gasteiger partial charge in [0.25, 0.3) is 0 Å². The van der Waals surface area contributed by atoms with E-state index in [-0.39, 0.29) is 0 Å². The Morgan fingerprint density at radius 1 is 1.33 bits per heavy atom. The van der Waals surface area contributed by atoms with Crippen LogP contribution in [0.4, 0.5) is 0 Å². The molecule has 96 valence electrons. The lowest BCUT2D eigenvalue weighted by Gasteiger charge is -2.30. The highest BCUT2D eigenvalue weighted by molar-refractivity contribution is 7.18. The third kappa shape index (κ3) is 2.55. The second-order valence-corrected chi connectivity index (χ2v) is 6.03. The lowest BCUT2D eigenvalue weighted by molar-refractivity contribution is 0.194. The number of likely N-dealkylation sites (tertiary alicyclic amines) is 1. The Hall–Kier alpha value is -0.970. The van der Waals surface area contributed by atoms with Gasteiger partial charge in [0.2, 0.25) is 0 Å². The van der Waals surface area contributed by atoms with Crippen LogP contribution in [-0.4, -0.2) is 36.1 Å². The molecule has 3 nitrogen and oxygen atoms in total. The molecule has 1 aliphatic heterocycles. The molecule has 18 heavy (non-hydrogen) atoms. The SMILES string of the molecule is CNC1CCN(Cc2nc3ccccc3s2)CC1. The Balaban J connectivity index is 1.66. The molecule has 1 fully saturated rings. The third-order valence-electron chi connectivity index (χ3n) is 3.69.